The maximum atomic E-state index is 5.10. The lowest BCUT2D eigenvalue weighted by Gasteiger charge is -2.19. The van der Waals surface area contributed by atoms with Gasteiger partial charge in [-0.2, -0.15) is 0 Å². The molecule has 0 atom stereocenters. The molecule has 6 nitrogen and oxygen atoms in total. The summed E-state index contributed by atoms with van der Waals surface area (Å²) in [6.45, 7) is 9.41. The van der Waals surface area contributed by atoms with Crippen LogP contribution in [0.4, 0.5) is 5.69 Å². The van der Waals surface area contributed by atoms with Crippen LogP contribution >= 0.6 is 24.0 Å². The topological polar surface area (TPSA) is 52.1 Å². The summed E-state index contributed by atoms with van der Waals surface area (Å²) in [5.41, 5.74) is 3.72. The van der Waals surface area contributed by atoms with E-state index in [4.69, 9.17) is 9.73 Å². The first-order valence-electron chi connectivity index (χ1n) is 9.44. The van der Waals surface area contributed by atoms with Crippen LogP contribution < -0.4 is 15.5 Å². The van der Waals surface area contributed by atoms with Crippen molar-refractivity contribution in [1.82, 2.24) is 15.5 Å². The summed E-state index contributed by atoms with van der Waals surface area (Å²) in [5, 5.41) is 6.75. The van der Waals surface area contributed by atoms with Gasteiger partial charge in [0.2, 0.25) is 0 Å². The number of halogens is 1. The average molecular weight is 491 g/mol. The fraction of sp³-hybridized carbons (Fsp3) is 0.650. The van der Waals surface area contributed by atoms with Crippen molar-refractivity contribution in [3.05, 3.63) is 29.3 Å². The highest BCUT2D eigenvalue weighted by molar-refractivity contribution is 14.0. The fourth-order valence-corrected chi connectivity index (χ4v) is 2.69. The SMILES string of the molecule is CCNC(=NCc1ccc(C)cc1N(C)C)NCCN(C)CCCOC.I. The molecule has 2 N–H and O–H groups in total. The Hall–Kier alpha value is -1.06. The Bertz CT molecular complexity index is 551. The summed E-state index contributed by atoms with van der Waals surface area (Å²) in [6, 6.07) is 6.52. The standard InChI is InChI=1S/C20H37N5O.HI/c1-7-21-20(22-11-13-25(5)12-8-14-26-6)23-16-18-10-9-17(2)15-19(18)24(3)4;/h9-10,15H,7-8,11-14,16H2,1-6H3,(H2,21,22,23);1H. The van der Waals surface area contributed by atoms with Gasteiger partial charge < -0.3 is 25.2 Å². The van der Waals surface area contributed by atoms with Crippen molar-refractivity contribution in [2.24, 2.45) is 4.99 Å². The molecule has 0 aromatic heterocycles. The maximum absolute atomic E-state index is 5.10. The fourth-order valence-electron chi connectivity index (χ4n) is 2.69. The van der Waals surface area contributed by atoms with Crippen LogP contribution in [0.3, 0.4) is 0 Å². The molecule has 0 aliphatic carbocycles. The van der Waals surface area contributed by atoms with E-state index in [1.807, 2.05) is 0 Å². The van der Waals surface area contributed by atoms with Crippen LogP contribution in [-0.2, 0) is 11.3 Å². The number of anilines is 1. The Labute approximate surface area is 182 Å². The number of nitrogens with zero attached hydrogens (tertiary/aromatic N) is 3. The molecule has 0 saturated carbocycles. The van der Waals surface area contributed by atoms with Gasteiger partial charge in [-0.05, 0) is 44.5 Å². The molecule has 1 aromatic rings. The van der Waals surface area contributed by atoms with Crippen molar-refractivity contribution < 1.29 is 4.74 Å². The van der Waals surface area contributed by atoms with Gasteiger partial charge in [0.25, 0.3) is 0 Å². The van der Waals surface area contributed by atoms with E-state index < -0.39 is 0 Å². The van der Waals surface area contributed by atoms with Gasteiger partial charge >= 0.3 is 0 Å². The first kappa shape index (κ1) is 25.9. The van der Waals surface area contributed by atoms with Crippen molar-refractivity contribution >= 4 is 35.6 Å². The van der Waals surface area contributed by atoms with Gasteiger partial charge in [0.1, 0.15) is 0 Å². The Morgan fingerprint density at radius 2 is 1.89 bits per heavy atom. The third-order valence-corrected chi connectivity index (χ3v) is 4.15. The van der Waals surface area contributed by atoms with E-state index in [1.165, 1.54) is 16.8 Å². The van der Waals surface area contributed by atoms with Gasteiger partial charge in [0.15, 0.2) is 5.96 Å². The number of ether oxygens (including phenoxy) is 1. The van der Waals surface area contributed by atoms with E-state index in [0.717, 1.165) is 45.2 Å². The molecule has 1 aromatic carbocycles. The van der Waals surface area contributed by atoms with Crippen molar-refractivity contribution in [2.45, 2.75) is 26.8 Å². The van der Waals surface area contributed by atoms with Crippen LogP contribution in [0.5, 0.6) is 0 Å². The molecule has 0 heterocycles. The summed E-state index contributed by atoms with van der Waals surface area (Å²) in [4.78, 5) is 9.21. The van der Waals surface area contributed by atoms with Crippen LogP contribution in [0.25, 0.3) is 0 Å². The highest BCUT2D eigenvalue weighted by Gasteiger charge is 2.06. The van der Waals surface area contributed by atoms with E-state index in [-0.39, 0.29) is 24.0 Å². The number of aryl methyl sites for hydroxylation is 1. The van der Waals surface area contributed by atoms with E-state index >= 15 is 0 Å². The smallest absolute Gasteiger partial charge is 0.191 e. The molecule has 0 radical (unpaired) electrons. The van der Waals surface area contributed by atoms with Gasteiger partial charge in [0.05, 0.1) is 6.54 Å². The third kappa shape index (κ3) is 10.8. The minimum absolute atomic E-state index is 0. The average Bonchev–Trinajstić information content (AvgIpc) is 2.60. The van der Waals surface area contributed by atoms with Crippen molar-refractivity contribution in [1.29, 1.82) is 0 Å². The molecule has 0 amide bonds. The third-order valence-electron chi connectivity index (χ3n) is 4.15. The molecule has 0 bridgehead atoms. The van der Waals surface area contributed by atoms with Crippen molar-refractivity contribution in [2.75, 3.05) is 65.9 Å². The molecule has 0 unspecified atom stereocenters. The molecule has 0 fully saturated rings. The molecule has 0 aliphatic rings. The predicted molar refractivity (Wildman–Crippen MR) is 128 cm³/mol. The molecule has 0 saturated heterocycles. The minimum Gasteiger partial charge on any atom is -0.385 e. The lowest BCUT2D eigenvalue weighted by molar-refractivity contribution is 0.180. The van der Waals surface area contributed by atoms with E-state index in [0.29, 0.717) is 6.54 Å². The molecule has 7 heteroatoms. The van der Waals surface area contributed by atoms with Gasteiger partial charge in [-0.25, -0.2) is 4.99 Å². The number of hydrogen-bond donors (Lipinski definition) is 2. The van der Waals surface area contributed by atoms with Crippen LogP contribution in [0.1, 0.15) is 24.5 Å². The number of likely N-dealkylation sites (N-methyl/N-ethyl adjacent to an activating group) is 1. The molecular formula is C20H38IN5O. The second kappa shape index (κ2) is 14.9. The van der Waals surface area contributed by atoms with Gasteiger partial charge in [-0.1, -0.05) is 12.1 Å². The zero-order chi connectivity index (χ0) is 19.4. The van der Waals surface area contributed by atoms with Crippen LogP contribution in [0.2, 0.25) is 0 Å². The number of hydrogen-bond acceptors (Lipinski definition) is 4. The normalized spacial score (nSPS) is 11.3. The maximum Gasteiger partial charge on any atom is 0.191 e. The van der Waals surface area contributed by atoms with Gasteiger partial charge in [0, 0.05) is 59.7 Å². The molecule has 156 valence electrons. The second-order valence-electron chi connectivity index (χ2n) is 6.80. The van der Waals surface area contributed by atoms with Gasteiger partial charge in [-0.15, -0.1) is 24.0 Å². The number of guanidine groups is 1. The number of rotatable bonds is 11. The summed E-state index contributed by atoms with van der Waals surface area (Å²) in [7, 11) is 8.03. The van der Waals surface area contributed by atoms with E-state index in [1.54, 1.807) is 7.11 Å². The van der Waals surface area contributed by atoms with Crippen molar-refractivity contribution in [3.63, 3.8) is 0 Å². The number of benzene rings is 1. The Balaban J connectivity index is 0.00000676. The first-order chi connectivity index (χ1) is 12.5. The lowest BCUT2D eigenvalue weighted by atomic mass is 10.1. The second-order valence-corrected chi connectivity index (χ2v) is 6.80. The summed E-state index contributed by atoms with van der Waals surface area (Å²) < 4.78 is 5.10. The molecule has 0 aliphatic heterocycles. The van der Waals surface area contributed by atoms with Crippen LogP contribution in [-0.4, -0.2) is 71.9 Å². The summed E-state index contributed by atoms with van der Waals surface area (Å²) in [5.74, 6) is 0.864. The van der Waals surface area contributed by atoms with Gasteiger partial charge in [-0.3, -0.25) is 0 Å². The van der Waals surface area contributed by atoms with Crippen LogP contribution in [0.15, 0.2) is 23.2 Å². The number of nitrogens with one attached hydrogen (secondary N) is 2. The molecular weight excluding hydrogens is 453 g/mol. The monoisotopic (exact) mass is 491 g/mol. The molecule has 1 rings (SSSR count). The van der Waals surface area contributed by atoms with Crippen molar-refractivity contribution in [3.8, 4) is 0 Å². The first-order valence-corrected chi connectivity index (χ1v) is 9.44. The Morgan fingerprint density at radius 3 is 2.52 bits per heavy atom. The highest BCUT2D eigenvalue weighted by atomic mass is 127. The minimum atomic E-state index is 0. The van der Waals surface area contributed by atoms with E-state index in [2.05, 4.69) is 73.6 Å². The predicted octanol–water partition coefficient (Wildman–Crippen LogP) is 2.70. The quantitative estimate of drug-likeness (QED) is 0.216. The van der Waals surface area contributed by atoms with E-state index in [9.17, 15) is 0 Å². The highest BCUT2D eigenvalue weighted by Crippen LogP contribution is 2.21. The zero-order valence-corrected chi connectivity index (χ0v) is 20.2. The largest absolute Gasteiger partial charge is 0.385 e. The summed E-state index contributed by atoms with van der Waals surface area (Å²) in [6.07, 6.45) is 1.06. The van der Waals surface area contributed by atoms with Crippen LogP contribution in [0, 0.1) is 6.92 Å². The Morgan fingerprint density at radius 1 is 1.15 bits per heavy atom. The number of methoxy groups -OCH3 is 1. The number of aliphatic imine (C=N–C) groups is 1. The zero-order valence-electron chi connectivity index (χ0n) is 17.8. The summed E-state index contributed by atoms with van der Waals surface area (Å²) >= 11 is 0. The lowest BCUT2D eigenvalue weighted by Crippen LogP contribution is -2.41. The molecule has 27 heavy (non-hydrogen) atoms. The Kier molecular flexibility index (Phi) is 14.3. The molecule has 0 spiro atoms.